The molecule has 1 heterocycles. The molecule has 1 N–H and O–H groups in total. The fourth-order valence-corrected chi connectivity index (χ4v) is 1.90. The van der Waals surface area contributed by atoms with Crippen molar-refractivity contribution >= 4 is 0 Å². The molecule has 2 aromatic rings. The van der Waals surface area contributed by atoms with Crippen LogP contribution >= 0.6 is 0 Å². The SMILES string of the molecule is Cc1cc(CO)nc(Cc2cccc(C(F)(F)F)c2)n1. The molecule has 0 aliphatic heterocycles. The van der Waals surface area contributed by atoms with Gasteiger partial charge in [0.05, 0.1) is 17.9 Å². The van der Waals surface area contributed by atoms with E-state index in [0.29, 0.717) is 22.8 Å². The van der Waals surface area contributed by atoms with Gasteiger partial charge < -0.3 is 5.11 Å². The zero-order chi connectivity index (χ0) is 14.8. The van der Waals surface area contributed by atoms with E-state index in [4.69, 9.17) is 5.11 Å². The molecule has 3 nitrogen and oxygen atoms in total. The monoisotopic (exact) mass is 282 g/mol. The van der Waals surface area contributed by atoms with E-state index in [2.05, 4.69) is 9.97 Å². The standard InChI is InChI=1S/C14H13F3N2O/c1-9-5-12(8-20)19-13(18-9)7-10-3-2-4-11(6-10)14(15,16)17/h2-6,20H,7-8H2,1H3. The summed E-state index contributed by atoms with van der Waals surface area (Å²) in [5.41, 5.74) is 0.921. The Morgan fingerprint density at radius 3 is 2.55 bits per heavy atom. The maximum absolute atomic E-state index is 12.6. The van der Waals surface area contributed by atoms with E-state index in [1.807, 2.05) is 0 Å². The molecule has 0 atom stereocenters. The predicted molar refractivity (Wildman–Crippen MR) is 66.9 cm³/mol. The molecule has 106 valence electrons. The molecule has 0 fully saturated rings. The number of hydrogen-bond acceptors (Lipinski definition) is 3. The third kappa shape index (κ3) is 3.54. The van der Waals surface area contributed by atoms with Crippen LogP contribution in [0.15, 0.2) is 30.3 Å². The number of hydrogen-bond donors (Lipinski definition) is 1. The maximum atomic E-state index is 12.6. The lowest BCUT2D eigenvalue weighted by Gasteiger charge is -2.09. The van der Waals surface area contributed by atoms with Crippen LogP contribution in [0.3, 0.4) is 0 Å². The number of benzene rings is 1. The zero-order valence-corrected chi connectivity index (χ0v) is 10.8. The minimum Gasteiger partial charge on any atom is -0.390 e. The molecule has 0 spiro atoms. The first-order valence-corrected chi connectivity index (χ1v) is 5.99. The van der Waals surface area contributed by atoms with Crippen molar-refractivity contribution in [1.29, 1.82) is 0 Å². The highest BCUT2D eigenvalue weighted by molar-refractivity contribution is 5.28. The van der Waals surface area contributed by atoms with Crippen LogP contribution in [-0.2, 0) is 19.2 Å². The molecule has 2 rings (SSSR count). The minimum absolute atomic E-state index is 0.193. The Morgan fingerprint density at radius 1 is 1.15 bits per heavy atom. The molecule has 0 aliphatic carbocycles. The van der Waals surface area contributed by atoms with Crippen molar-refractivity contribution in [1.82, 2.24) is 9.97 Å². The summed E-state index contributed by atoms with van der Waals surface area (Å²) < 4.78 is 37.9. The lowest BCUT2D eigenvalue weighted by molar-refractivity contribution is -0.137. The second-order valence-corrected chi connectivity index (χ2v) is 4.45. The van der Waals surface area contributed by atoms with Gasteiger partial charge in [-0.2, -0.15) is 13.2 Å². The Hall–Kier alpha value is -1.95. The second kappa shape index (κ2) is 5.58. The molecule has 0 radical (unpaired) electrons. The van der Waals surface area contributed by atoms with Gasteiger partial charge in [0.15, 0.2) is 0 Å². The smallest absolute Gasteiger partial charge is 0.390 e. The molecule has 0 amide bonds. The van der Waals surface area contributed by atoms with Gasteiger partial charge in [-0.3, -0.25) is 0 Å². The van der Waals surface area contributed by atoms with Gasteiger partial charge in [-0.1, -0.05) is 18.2 Å². The summed E-state index contributed by atoms with van der Waals surface area (Å²) >= 11 is 0. The van der Waals surface area contributed by atoms with Crippen LogP contribution in [0.5, 0.6) is 0 Å². The van der Waals surface area contributed by atoms with E-state index in [-0.39, 0.29) is 13.0 Å². The number of rotatable bonds is 3. The first kappa shape index (κ1) is 14.5. The largest absolute Gasteiger partial charge is 0.416 e. The van der Waals surface area contributed by atoms with Crippen LogP contribution in [0.4, 0.5) is 13.2 Å². The van der Waals surface area contributed by atoms with Crippen LogP contribution in [-0.4, -0.2) is 15.1 Å². The summed E-state index contributed by atoms with van der Waals surface area (Å²) in [6, 6.07) is 6.71. The fourth-order valence-electron chi connectivity index (χ4n) is 1.90. The molecular weight excluding hydrogens is 269 g/mol. The normalized spacial score (nSPS) is 11.7. The Bertz CT molecular complexity index is 612. The summed E-state index contributed by atoms with van der Waals surface area (Å²) in [5.74, 6) is 0.397. The van der Waals surface area contributed by atoms with E-state index in [1.165, 1.54) is 6.07 Å². The predicted octanol–water partition coefficient (Wildman–Crippen LogP) is 2.89. The molecule has 0 saturated carbocycles. The van der Waals surface area contributed by atoms with Crippen LogP contribution in [0.1, 0.15) is 28.3 Å². The Balaban J connectivity index is 2.28. The zero-order valence-electron chi connectivity index (χ0n) is 10.8. The first-order valence-electron chi connectivity index (χ1n) is 5.99. The molecule has 0 bridgehead atoms. The number of aliphatic hydroxyl groups excluding tert-OH is 1. The van der Waals surface area contributed by atoms with Gasteiger partial charge >= 0.3 is 6.18 Å². The molecule has 1 aromatic heterocycles. The topological polar surface area (TPSA) is 46.0 Å². The van der Waals surface area contributed by atoms with Gasteiger partial charge in [0, 0.05) is 12.1 Å². The highest BCUT2D eigenvalue weighted by Crippen LogP contribution is 2.29. The first-order chi connectivity index (χ1) is 9.38. The lowest BCUT2D eigenvalue weighted by atomic mass is 10.1. The summed E-state index contributed by atoms with van der Waals surface area (Å²) in [5, 5.41) is 9.06. The van der Waals surface area contributed by atoms with E-state index >= 15 is 0 Å². The quantitative estimate of drug-likeness (QED) is 0.941. The van der Waals surface area contributed by atoms with E-state index < -0.39 is 11.7 Å². The number of alkyl halides is 3. The highest BCUT2D eigenvalue weighted by Gasteiger charge is 2.30. The maximum Gasteiger partial charge on any atom is 0.416 e. The number of aromatic nitrogens is 2. The van der Waals surface area contributed by atoms with E-state index in [0.717, 1.165) is 12.1 Å². The minimum atomic E-state index is -4.36. The van der Waals surface area contributed by atoms with E-state index in [1.54, 1.807) is 19.1 Å². The van der Waals surface area contributed by atoms with Gasteiger partial charge in [0.25, 0.3) is 0 Å². The van der Waals surface area contributed by atoms with Gasteiger partial charge in [-0.05, 0) is 24.6 Å². The van der Waals surface area contributed by atoms with Crippen LogP contribution in [0.25, 0.3) is 0 Å². The summed E-state index contributed by atoms with van der Waals surface area (Å²) in [7, 11) is 0. The molecule has 0 unspecified atom stereocenters. The van der Waals surface area contributed by atoms with Crippen molar-refractivity contribution in [2.24, 2.45) is 0 Å². The van der Waals surface area contributed by atoms with Crippen molar-refractivity contribution in [2.45, 2.75) is 26.1 Å². The van der Waals surface area contributed by atoms with Crippen LogP contribution in [0, 0.1) is 6.92 Å². The number of aliphatic hydroxyl groups is 1. The third-order valence-electron chi connectivity index (χ3n) is 2.73. The van der Waals surface area contributed by atoms with Gasteiger partial charge in [-0.15, -0.1) is 0 Å². The van der Waals surface area contributed by atoms with Crippen molar-refractivity contribution in [3.63, 3.8) is 0 Å². The van der Waals surface area contributed by atoms with Crippen LogP contribution in [0.2, 0.25) is 0 Å². The highest BCUT2D eigenvalue weighted by atomic mass is 19.4. The van der Waals surface area contributed by atoms with Crippen molar-refractivity contribution in [3.8, 4) is 0 Å². The van der Waals surface area contributed by atoms with Crippen molar-refractivity contribution < 1.29 is 18.3 Å². The van der Waals surface area contributed by atoms with Crippen molar-refractivity contribution in [2.75, 3.05) is 0 Å². The van der Waals surface area contributed by atoms with Gasteiger partial charge in [0.2, 0.25) is 0 Å². The lowest BCUT2D eigenvalue weighted by Crippen LogP contribution is -2.06. The van der Waals surface area contributed by atoms with Gasteiger partial charge in [-0.25, -0.2) is 9.97 Å². The summed E-state index contributed by atoms with van der Waals surface area (Å²) in [4.78, 5) is 8.26. The average molecular weight is 282 g/mol. The molecule has 20 heavy (non-hydrogen) atoms. The third-order valence-corrected chi connectivity index (χ3v) is 2.73. The number of nitrogens with zero attached hydrogens (tertiary/aromatic N) is 2. The van der Waals surface area contributed by atoms with Crippen LogP contribution < -0.4 is 0 Å². The van der Waals surface area contributed by atoms with Gasteiger partial charge in [0.1, 0.15) is 5.82 Å². The molecule has 0 aliphatic rings. The Morgan fingerprint density at radius 2 is 1.90 bits per heavy atom. The van der Waals surface area contributed by atoms with Crippen molar-refractivity contribution in [3.05, 3.63) is 58.7 Å². The molecule has 0 saturated heterocycles. The number of halogens is 3. The Labute approximate surface area is 114 Å². The average Bonchev–Trinajstić information content (AvgIpc) is 2.37. The summed E-state index contributed by atoms with van der Waals surface area (Å²) in [6.45, 7) is 1.52. The molecule has 6 heteroatoms. The summed E-state index contributed by atoms with van der Waals surface area (Å²) in [6.07, 6.45) is -4.17. The second-order valence-electron chi connectivity index (χ2n) is 4.45. The molecule has 1 aromatic carbocycles. The van der Waals surface area contributed by atoms with E-state index in [9.17, 15) is 13.2 Å². The number of aryl methyl sites for hydroxylation is 1. The fraction of sp³-hybridized carbons (Fsp3) is 0.286. The Kier molecular flexibility index (Phi) is 4.04. The molecular formula is C14H13F3N2O.